The smallest absolute Gasteiger partial charge is 0.311 e. The van der Waals surface area contributed by atoms with Crippen LogP contribution >= 0.6 is 11.6 Å². The van der Waals surface area contributed by atoms with Crippen molar-refractivity contribution in [1.29, 1.82) is 0 Å². The average molecular weight is 405 g/mol. The molecule has 2 aromatic rings. The highest BCUT2D eigenvalue weighted by Crippen LogP contribution is 2.26. The topological polar surface area (TPSA) is 75.7 Å². The molecule has 2 amide bonds. The third-order valence-corrected chi connectivity index (χ3v) is 4.65. The predicted molar refractivity (Wildman–Crippen MR) is 103 cm³/mol. The zero-order valence-electron chi connectivity index (χ0n) is 15.1. The van der Waals surface area contributed by atoms with Crippen LogP contribution < -0.4 is 10.2 Å². The number of aryl methyl sites for hydroxylation is 1. The first-order valence-electron chi connectivity index (χ1n) is 8.62. The van der Waals surface area contributed by atoms with Crippen molar-refractivity contribution in [2.75, 3.05) is 23.4 Å². The Bertz CT molecular complexity index is 917. The fourth-order valence-corrected chi connectivity index (χ4v) is 3.08. The number of rotatable bonds is 5. The lowest BCUT2D eigenvalue weighted by molar-refractivity contribution is -0.151. The van der Waals surface area contributed by atoms with Gasteiger partial charge in [0.2, 0.25) is 5.91 Å². The van der Waals surface area contributed by atoms with Crippen LogP contribution in [0, 0.1) is 18.7 Å². The van der Waals surface area contributed by atoms with E-state index in [0.29, 0.717) is 16.4 Å². The maximum Gasteiger partial charge on any atom is 0.311 e. The van der Waals surface area contributed by atoms with Crippen LogP contribution in [-0.4, -0.2) is 30.9 Å². The number of anilines is 2. The molecule has 1 aliphatic rings. The quantitative estimate of drug-likeness (QED) is 0.776. The normalized spacial score (nSPS) is 16.2. The van der Waals surface area contributed by atoms with Gasteiger partial charge in [-0.2, -0.15) is 0 Å². The van der Waals surface area contributed by atoms with Gasteiger partial charge < -0.3 is 15.0 Å². The maximum absolute atomic E-state index is 13.0. The minimum Gasteiger partial charge on any atom is -0.455 e. The first-order valence-corrected chi connectivity index (χ1v) is 9.00. The highest BCUT2D eigenvalue weighted by Gasteiger charge is 2.36. The Balaban J connectivity index is 1.53. The molecule has 2 aromatic carbocycles. The van der Waals surface area contributed by atoms with Crippen LogP contribution in [0.3, 0.4) is 0 Å². The fraction of sp³-hybridized carbons (Fsp3) is 0.250. The van der Waals surface area contributed by atoms with Crippen LogP contribution in [0.2, 0.25) is 5.02 Å². The van der Waals surface area contributed by atoms with E-state index in [1.165, 1.54) is 29.2 Å². The van der Waals surface area contributed by atoms with Crippen LogP contribution in [-0.2, 0) is 19.1 Å². The minimum atomic E-state index is -0.682. The lowest BCUT2D eigenvalue weighted by Gasteiger charge is -2.16. The number of nitrogens with zero attached hydrogens (tertiary/aromatic N) is 1. The molecule has 28 heavy (non-hydrogen) atoms. The number of carbonyl (C=O) groups excluding carboxylic acids is 3. The average Bonchev–Trinajstić information content (AvgIpc) is 3.05. The van der Waals surface area contributed by atoms with Crippen LogP contribution in [0.5, 0.6) is 0 Å². The molecule has 8 heteroatoms. The lowest BCUT2D eigenvalue weighted by Crippen LogP contribution is -2.28. The summed E-state index contributed by atoms with van der Waals surface area (Å²) in [7, 11) is 0. The summed E-state index contributed by atoms with van der Waals surface area (Å²) in [6, 6.07) is 10.5. The summed E-state index contributed by atoms with van der Waals surface area (Å²) < 4.78 is 18.1. The summed E-state index contributed by atoms with van der Waals surface area (Å²) >= 11 is 5.91. The van der Waals surface area contributed by atoms with Gasteiger partial charge in [-0.3, -0.25) is 14.4 Å². The molecular formula is C20H18ClFN2O4. The number of amides is 2. The van der Waals surface area contributed by atoms with Gasteiger partial charge >= 0.3 is 5.97 Å². The number of esters is 1. The molecule has 1 unspecified atom stereocenters. The van der Waals surface area contributed by atoms with Crippen molar-refractivity contribution in [3.05, 3.63) is 58.9 Å². The van der Waals surface area contributed by atoms with Gasteiger partial charge in [0.05, 0.1) is 5.92 Å². The molecule has 1 heterocycles. The second-order valence-electron chi connectivity index (χ2n) is 6.50. The molecular weight excluding hydrogens is 387 g/mol. The monoisotopic (exact) mass is 404 g/mol. The summed E-state index contributed by atoms with van der Waals surface area (Å²) in [6.45, 7) is 1.47. The Morgan fingerprint density at radius 1 is 1.25 bits per heavy atom. The molecule has 1 atom stereocenters. The molecule has 0 saturated carbocycles. The van der Waals surface area contributed by atoms with E-state index in [0.717, 1.165) is 5.56 Å². The molecule has 1 saturated heterocycles. The van der Waals surface area contributed by atoms with E-state index in [1.807, 2.05) is 6.92 Å². The summed E-state index contributed by atoms with van der Waals surface area (Å²) in [5, 5.41) is 3.11. The lowest BCUT2D eigenvalue weighted by atomic mass is 10.1. The van der Waals surface area contributed by atoms with Gasteiger partial charge in [-0.15, -0.1) is 0 Å². The molecule has 1 N–H and O–H groups in total. The zero-order chi connectivity index (χ0) is 20.3. The van der Waals surface area contributed by atoms with E-state index >= 15 is 0 Å². The third kappa shape index (κ3) is 4.67. The summed E-state index contributed by atoms with van der Waals surface area (Å²) in [5.74, 6) is -2.48. The molecule has 0 radical (unpaired) electrons. The van der Waals surface area contributed by atoms with Gasteiger partial charge in [-0.25, -0.2) is 4.39 Å². The minimum absolute atomic E-state index is 0.0226. The van der Waals surface area contributed by atoms with Crippen molar-refractivity contribution in [3.8, 4) is 0 Å². The summed E-state index contributed by atoms with van der Waals surface area (Å²) in [4.78, 5) is 37.8. The van der Waals surface area contributed by atoms with Crippen LogP contribution in [0.15, 0.2) is 42.5 Å². The second kappa shape index (κ2) is 8.39. The molecule has 0 bridgehead atoms. The van der Waals surface area contributed by atoms with E-state index < -0.39 is 30.2 Å². The van der Waals surface area contributed by atoms with Gasteiger partial charge in [0.15, 0.2) is 6.61 Å². The van der Waals surface area contributed by atoms with Crippen molar-refractivity contribution in [2.45, 2.75) is 13.3 Å². The molecule has 0 aromatic heterocycles. The second-order valence-corrected chi connectivity index (χ2v) is 6.93. The third-order valence-electron chi connectivity index (χ3n) is 4.42. The number of carbonyl (C=O) groups is 3. The van der Waals surface area contributed by atoms with E-state index in [1.54, 1.807) is 18.2 Å². The summed E-state index contributed by atoms with van der Waals surface area (Å²) in [5.41, 5.74) is 1.86. The van der Waals surface area contributed by atoms with Gasteiger partial charge in [0.25, 0.3) is 5.91 Å². The number of nitrogens with one attached hydrogen (secondary N) is 1. The molecule has 0 spiro atoms. The van der Waals surface area contributed by atoms with Crippen molar-refractivity contribution >= 4 is 40.8 Å². The Hall–Kier alpha value is -2.93. The molecule has 146 valence electrons. The predicted octanol–water partition coefficient (Wildman–Crippen LogP) is 3.32. The van der Waals surface area contributed by atoms with Gasteiger partial charge in [0.1, 0.15) is 5.82 Å². The number of benzene rings is 2. The highest BCUT2D eigenvalue weighted by atomic mass is 35.5. The Kier molecular flexibility index (Phi) is 5.94. The van der Waals surface area contributed by atoms with Crippen molar-refractivity contribution in [2.24, 2.45) is 5.92 Å². The van der Waals surface area contributed by atoms with Crippen molar-refractivity contribution in [3.63, 3.8) is 0 Å². The van der Waals surface area contributed by atoms with Crippen molar-refractivity contribution in [1.82, 2.24) is 0 Å². The Labute approximate surface area is 166 Å². The molecule has 6 nitrogen and oxygen atoms in total. The van der Waals surface area contributed by atoms with Gasteiger partial charge in [-0.1, -0.05) is 17.7 Å². The Morgan fingerprint density at radius 2 is 1.96 bits per heavy atom. The number of halogens is 2. The first-order chi connectivity index (χ1) is 13.3. The van der Waals surface area contributed by atoms with Gasteiger partial charge in [0, 0.05) is 29.4 Å². The SMILES string of the molecule is Cc1ccc(Cl)cc1NC(=O)COC(=O)C1CC(=O)N(c2ccc(F)cc2)C1. The highest BCUT2D eigenvalue weighted by molar-refractivity contribution is 6.31. The molecule has 0 aliphatic carbocycles. The fourth-order valence-electron chi connectivity index (χ4n) is 2.91. The van der Waals surface area contributed by atoms with E-state index in [2.05, 4.69) is 5.32 Å². The number of ether oxygens (including phenoxy) is 1. The largest absolute Gasteiger partial charge is 0.455 e. The molecule has 3 rings (SSSR count). The maximum atomic E-state index is 13.0. The Morgan fingerprint density at radius 3 is 2.68 bits per heavy atom. The zero-order valence-corrected chi connectivity index (χ0v) is 15.8. The van der Waals surface area contributed by atoms with E-state index in [-0.39, 0.29) is 18.9 Å². The molecule has 1 aliphatic heterocycles. The van der Waals surface area contributed by atoms with Gasteiger partial charge in [-0.05, 0) is 48.9 Å². The van der Waals surface area contributed by atoms with E-state index in [9.17, 15) is 18.8 Å². The number of hydrogen-bond donors (Lipinski definition) is 1. The van der Waals surface area contributed by atoms with Crippen LogP contribution in [0.4, 0.5) is 15.8 Å². The summed E-state index contributed by atoms with van der Waals surface area (Å²) in [6.07, 6.45) is -0.0226. The molecule has 1 fully saturated rings. The van der Waals surface area contributed by atoms with Crippen LogP contribution in [0.25, 0.3) is 0 Å². The number of hydrogen-bond acceptors (Lipinski definition) is 4. The first kappa shape index (κ1) is 19.8. The van der Waals surface area contributed by atoms with Crippen LogP contribution in [0.1, 0.15) is 12.0 Å². The standard InChI is InChI=1S/C20H18ClFN2O4/c1-12-2-3-14(21)9-17(12)23-18(25)11-28-20(27)13-8-19(26)24(10-13)16-6-4-15(22)5-7-16/h2-7,9,13H,8,10-11H2,1H3,(H,23,25). The van der Waals surface area contributed by atoms with Crippen molar-refractivity contribution < 1.29 is 23.5 Å². The van der Waals surface area contributed by atoms with E-state index in [4.69, 9.17) is 16.3 Å².